The molecule has 0 radical (unpaired) electrons. The number of carbonyl (C=O) groups excluding carboxylic acids is 2. The number of likely N-dealkylation sites (N-methyl/N-ethyl adjacent to an activating group) is 1. The lowest BCUT2D eigenvalue weighted by Gasteiger charge is -2.35. The average molecular weight is 577 g/mol. The molecule has 218 valence electrons. The van der Waals surface area contributed by atoms with Crippen LogP contribution in [0.25, 0.3) is 0 Å². The predicted molar refractivity (Wildman–Crippen MR) is 154 cm³/mol. The van der Waals surface area contributed by atoms with Gasteiger partial charge in [-0.15, -0.1) is 0 Å². The van der Waals surface area contributed by atoms with Gasteiger partial charge in [-0.1, -0.05) is 54.6 Å². The number of hydrogen-bond donors (Lipinski definition) is 3. The van der Waals surface area contributed by atoms with Crippen LogP contribution in [0.15, 0.2) is 101 Å². The van der Waals surface area contributed by atoms with E-state index in [4.69, 9.17) is 11.0 Å². The third-order valence-corrected chi connectivity index (χ3v) is 6.25. The van der Waals surface area contributed by atoms with Gasteiger partial charge in [0.15, 0.2) is 6.19 Å². The van der Waals surface area contributed by atoms with E-state index in [-0.39, 0.29) is 18.5 Å². The predicted octanol–water partition coefficient (Wildman–Crippen LogP) is 5.28. The molecule has 8 nitrogen and oxygen atoms in total. The van der Waals surface area contributed by atoms with Gasteiger partial charge in [0.05, 0.1) is 11.3 Å². The summed E-state index contributed by atoms with van der Waals surface area (Å²) in [5, 5.41) is 13.3. The first-order valence-electron chi connectivity index (χ1n) is 13.1. The van der Waals surface area contributed by atoms with Gasteiger partial charge >= 0.3 is 6.18 Å². The Hall–Kier alpha value is -5.11. The summed E-state index contributed by atoms with van der Waals surface area (Å²) in [5.41, 5.74) is 7.73. The van der Waals surface area contributed by atoms with Crippen molar-refractivity contribution in [2.24, 2.45) is 10.7 Å². The molecule has 1 fully saturated rings. The Morgan fingerprint density at radius 1 is 1.07 bits per heavy atom. The Morgan fingerprint density at radius 2 is 1.71 bits per heavy atom. The molecule has 42 heavy (non-hydrogen) atoms. The molecule has 1 aliphatic heterocycles. The van der Waals surface area contributed by atoms with Crippen LogP contribution < -0.4 is 16.4 Å². The highest BCUT2D eigenvalue weighted by Crippen LogP contribution is 2.30. The Labute approximate surface area is 242 Å². The highest BCUT2D eigenvalue weighted by Gasteiger charge is 2.37. The lowest BCUT2D eigenvalue weighted by molar-refractivity contribution is -0.137. The van der Waals surface area contributed by atoms with Crippen molar-refractivity contribution in [1.29, 1.82) is 5.26 Å². The van der Waals surface area contributed by atoms with Crippen LogP contribution in [0.5, 0.6) is 0 Å². The van der Waals surface area contributed by atoms with E-state index in [9.17, 15) is 22.8 Å². The molecule has 2 amide bonds. The van der Waals surface area contributed by atoms with Crippen LogP contribution in [-0.4, -0.2) is 35.1 Å². The number of amides is 2. The minimum Gasteiger partial charge on any atom is -0.402 e. The summed E-state index contributed by atoms with van der Waals surface area (Å²) in [6.45, 7) is 4.33. The Balaban J connectivity index is 0.000000408. The minimum absolute atomic E-state index is 0.0774. The highest BCUT2D eigenvalue weighted by atomic mass is 19.4. The molecular weight excluding hydrogens is 545 g/mol. The van der Waals surface area contributed by atoms with Crippen molar-refractivity contribution < 1.29 is 22.8 Å². The second-order valence-corrected chi connectivity index (χ2v) is 9.27. The molecule has 1 unspecified atom stereocenters. The summed E-state index contributed by atoms with van der Waals surface area (Å²) in [4.78, 5) is 31.8. The van der Waals surface area contributed by atoms with Gasteiger partial charge in [-0.3, -0.25) is 14.5 Å². The van der Waals surface area contributed by atoms with E-state index >= 15 is 0 Å². The van der Waals surface area contributed by atoms with E-state index in [0.717, 1.165) is 23.8 Å². The summed E-state index contributed by atoms with van der Waals surface area (Å²) in [6.07, 6.45) is -2.63. The first-order valence-corrected chi connectivity index (χ1v) is 13.1. The van der Waals surface area contributed by atoms with Gasteiger partial charge in [0, 0.05) is 36.3 Å². The fraction of sp³-hybridized carbons (Fsp3) is 0.226. The third-order valence-electron chi connectivity index (χ3n) is 6.25. The molecule has 3 aromatic carbocycles. The van der Waals surface area contributed by atoms with Gasteiger partial charge in [0.25, 0.3) is 11.8 Å². The molecule has 0 aliphatic carbocycles. The molecule has 0 saturated carbocycles. The molecular formula is C31H31F3N6O2. The molecule has 3 aromatic rings. The summed E-state index contributed by atoms with van der Waals surface area (Å²) < 4.78 is 39.0. The molecule has 1 aliphatic rings. The normalized spacial score (nSPS) is 17.0. The highest BCUT2D eigenvalue weighted by molar-refractivity contribution is 6.14. The van der Waals surface area contributed by atoms with Crippen LogP contribution in [0.2, 0.25) is 0 Å². The number of piperidine rings is 1. The van der Waals surface area contributed by atoms with Gasteiger partial charge in [-0.25, -0.2) is 4.99 Å². The SMILES string of the molecule is CCN1C(=O)C(NC(=O)c2cccc(C(F)(F)F)c2)C/C(=C(\C)N)C1=Nc1ccccc1.N#CNCc1ccccc1. The minimum atomic E-state index is -4.58. The summed E-state index contributed by atoms with van der Waals surface area (Å²) in [5.74, 6) is -0.788. The van der Waals surface area contributed by atoms with Crippen molar-refractivity contribution in [3.8, 4) is 6.19 Å². The van der Waals surface area contributed by atoms with Crippen LogP contribution in [0, 0.1) is 11.5 Å². The van der Waals surface area contributed by atoms with Crippen LogP contribution in [0.4, 0.5) is 18.9 Å². The fourth-order valence-corrected chi connectivity index (χ4v) is 4.16. The molecule has 4 N–H and O–H groups in total. The molecule has 1 atom stereocenters. The van der Waals surface area contributed by atoms with Crippen LogP contribution in [0.3, 0.4) is 0 Å². The first-order chi connectivity index (χ1) is 20.0. The number of nitrogens with zero attached hydrogens (tertiary/aromatic N) is 3. The smallest absolute Gasteiger partial charge is 0.402 e. The quantitative estimate of drug-likeness (QED) is 0.272. The van der Waals surface area contributed by atoms with E-state index in [1.807, 2.05) is 54.7 Å². The number of amidine groups is 1. The number of rotatable bonds is 6. The number of halogens is 3. The van der Waals surface area contributed by atoms with Crippen LogP contribution in [0.1, 0.15) is 41.8 Å². The molecule has 0 aromatic heterocycles. The van der Waals surface area contributed by atoms with E-state index < -0.39 is 29.6 Å². The van der Waals surface area contributed by atoms with Gasteiger partial charge in [0.2, 0.25) is 0 Å². The lowest BCUT2D eigenvalue weighted by Crippen LogP contribution is -2.55. The van der Waals surface area contributed by atoms with Gasteiger partial charge in [0.1, 0.15) is 11.9 Å². The van der Waals surface area contributed by atoms with E-state index in [1.54, 1.807) is 26.0 Å². The summed E-state index contributed by atoms with van der Waals surface area (Å²) in [7, 11) is 0. The summed E-state index contributed by atoms with van der Waals surface area (Å²) in [6, 6.07) is 21.9. The Morgan fingerprint density at radius 3 is 2.29 bits per heavy atom. The third kappa shape index (κ3) is 8.44. The Kier molecular flexibility index (Phi) is 10.8. The molecule has 1 saturated heterocycles. The standard InChI is InChI=1S/C23H23F3N4O2.C8H8N2/c1-3-30-20(28-17-10-5-4-6-11-17)18(14(2)27)13-19(22(30)32)29-21(31)15-8-7-9-16(12-15)23(24,25)26;9-7-10-6-8-4-2-1-3-5-8/h4-12,19H,3,13,27H2,1-2H3,(H,29,31);1-5,10H,6H2/b18-14-,28-20?;. The fourth-order valence-electron chi connectivity index (χ4n) is 4.16. The van der Waals surface area contributed by atoms with Crippen molar-refractivity contribution in [1.82, 2.24) is 15.5 Å². The zero-order valence-corrected chi connectivity index (χ0v) is 23.2. The summed E-state index contributed by atoms with van der Waals surface area (Å²) >= 11 is 0. The van der Waals surface area contributed by atoms with Gasteiger partial charge in [-0.2, -0.15) is 18.4 Å². The van der Waals surface area contributed by atoms with E-state index in [0.29, 0.717) is 29.3 Å². The van der Waals surface area contributed by atoms with E-state index in [1.165, 1.54) is 11.0 Å². The number of nitriles is 1. The second-order valence-electron chi connectivity index (χ2n) is 9.27. The van der Waals surface area contributed by atoms with Crippen molar-refractivity contribution in [2.75, 3.05) is 6.54 Å². The number of alkyl halides is 3. The number of hydrogen-bond acceptors (Lipinski definition) is 6. The van der Waals surface area contributed by atoms with Crippen molar-refractivity contribution in [3.63, 3.8) is 0 Å². The maximum Gasteiger partial charge on any atom is 0.416 e. The number of allylic oxidation sites excluding steroid dienone is 1. The lowest BCUT2D eigenvalue weighted by atomic mass is 9.95. The van der Waals surface area contributed by atoms with Crippen molar-refractivity contribution in [2.45, 2.75) is 39.0 Å². The molecule has 0 bridgehead atoms. The average Bonchev–Trinajstić information content (AvgIpc) is 2.98. The largest absolute Gasteiger partial charge is 0.416 e. The number of nitrogens with one attached hydrogen (secondary N) is 2. The maximum atomic E-state index is 13.1. The number of carbonyl (C=O) groups is 2. The molecule has 11 heteroatoms. The van der Waals surface area contributed by atoms with Crippen molar-refractivity contribution in [3.05, 3.63) is 113 Å². The molecule has 1 heterocycles. The monoisotopic (exact) mass is 576 g/mol. The molecule has 0 spiro atoms. The number of aliphatic imine (C=N–C) groups is 1. The van der Waals surface area contributed by atoms with Crippen molar-refractivity contribution >= 4 is 23.3 Å². The number of likely N-dealkylation sites (tertiary alicyclic amines) is 1. The number of nitrogens with two attached hydrogens (primary N) is 1. The zero-order chi connectivity index (χ0) is 30.7. The van der Waals surface area contributed by atoms with Crippen LogP contribution >= 0.6 is 0 Å². The maximum absolute atomic E-state index is 13.1. The zero-order valence-electron chi connectivity index (χ0n) is 23.2. The number of benzene rings is 3. The van der Waals surface area contributed by atoms with E-state index in [2.05, 4.69) is 15.6 Å². The first kappa shape index (κ1) is 31.4. The van der Waals surface area contributed by atoms with Crippen LogP contribution in [-0.2, 0) is 17.5 Å². The topological polar surface area (TPSA) is 124 Å². The van der Waals surface area contributed by atoms with Gasteiger partial charge in [-0.05, 0) is 49.7 Å². The second kappa shape index (κ2) is 14.5. The molecule has 4 rings (SSSR count). The Bertz CT molecular complexity index is 1480. The van der Waals surface area contributed by atoms with Gasteiger partial charge < -0.3 is 16.4 Å². The number of para-hydroxylation sites is 1.